The maximum atomic E-state index is 12.4. The number of nitrogens with zero attached hydrogens (tertiary/aromatic N) is 2. The Bertz CT molecular complexity index is 721. The van der Waals surface area contributed by atoms with E-state index in [9.17, 15) is 8.42 Å². The van der Waals surface area contributed by atoms with Gasteiger partial charge in [0, 0.05) is 19.8 Å². The quantitative estimate of drug-likeness (QED) is 0.782. The molecule has 0 aliphatic heterocycles. The molecule has 2 aromatic rings. The second-order valence-electron chi connectivity index (χ2n) is 4.51. The fourth-order valence-electron chi connectivity index (χ4n) is 1.78. The summed E-state index contributed by atoms with van der Waals surface area (Å²) >= 11 is 11.5. The largest absolute Gasteiger partial charge is 0.244 e. The van der Waals surface area contributed by atoms with Crippen LogP contribution >= 0.6 is 23.2 Å². The second-order valence-corrected chi connectivity index (χ2v) is 7.32. The smallest absolute Gasteiger partial charge is 0.242 e. The van der Waals surface area contributed by atoms with Gasteiger partial charge >= 0.3 is 0 Å². The molecule has 7 heteroatoms. The minimum atomic E-state index is -3.62. The Morgan fingerprint density at radius 1 is 1.19 bits per heavy atom. The van der Waals surface area contributed by atoms with E-state index in [0.717, 1.165) is 5.56 Å². The van der Waals surface area contributed by atoms with Gasteiger partial charge in [-0.15, -0.1) is 0 Å². The van der Waals surface area contributed by atoms with Gasteiger partial charge in [-0.05, 0) is 18.1 Å². The first-order chi connectivity index (χ1) is 9.91. The lowest BCUT2D eigenvalue weighted by Crippen LogP contribution is -2.29. The molecule has 0 spiro atoms. The first-order valence-electron chi connectivity index (χ1n) is 6.22. The predicted octanol–water partition coefficient (Wildman–Crippen LogP) is 3.25. The zero-order valence-electron chi connectivity index (χ0n) is 11.3. The Balaban J connectivity index is 2.13. The second kappa shape index (κ2) is 6.75. The number of hydrogen-bond acceptors (Lipinski definition) is 3. The number of aromatic nitrogens is 1. The number of hydrogen-bond donors (Lipinski definition) is 0. The SMILES string of the molecule is CN(CCc1ccccc1)S(=O)(=O)c1cnc(Cl)c(Cl)c1. The minimum absolute atomic E-state index is 0.0347. The molecule has 0 saturated heterocycles. The Morgan fingerprint density at radius 2 is 1.86 bits per heavy atom. The lowest BCUT2D eigenvalue weighted by Gasteiger charge is -2.17. The van der Waals surface area contributed by atoms with Gasteiger partial charge in [0.15, 0.2) is 0 Å². The summed E-state index contributed by atoms with van der Waals surface area (Å²) in [6, 6.07) is 11.0. The fraction of sp³-hybridized carbons (Fsp3) is 0.214. The van der Waals surface area contributed by atoms with Crippen LogP contribution in [0.4, 0.5) is 0 Å². The van der Waals surface area contributed by atoms with Crippen LogP contribution in [0.25, 0.3) is 0 Å². The molecule has 0 aliphatic rings. The van der Waals surface area contributed by atoms with Crippen molar-refractivity contribution in [1.82, 2.24) is 9.29 Å². The number of sulfonamides is 1. The molecule has 0 unspecified atom stereocenters. The van der Waals surface area contributed by atoms with Crippen LogP contribution in [0.1, 0.15) is 5.56 Å². The molecule has 21 heavy (non-hydrogen) atoms. The van der Waals surface area contributed by atoms with Gasteiger partial charge in [0.2, 0.25) is 10.0 Å². The lowest BCUT2D eigenvalue weighted by atomic mass is 10.2. The van der Waals surface area contributed by atoms with Crippen LogP contribution in [-0.4, -0.2) is 31.3 Å². The molecule has 1 aromatic heterocycles. The number of benzene rings is 1. The summed E-state index contributed by atoms with van der Waals surface area (Å²) in [7, 11) is -2.09. The third-order valence-corrected chi connectivity index (χ3v) is 5.55. The van der Waals surface area contributed by atoms with Gasteiger partial charge in [-0.2, -0.15) is 0 Å². The molecule has 0 saturated carbocycles. The predicted molar refractivity (Wildman–Crippen MR) is 84.2 cm³/mol. The van der Waals surface area contributed by atoms with E-state index in [4.69, 9.17) is 23.2 Å². The minimum Gasteiger partial charge on any atom is -0.242 e. The van der Waals surface area contributed by atoms with Crippen molar-refractivity contribution in [3.63, 3.8) is 0 Å². The summed E-state index contributed by atoms with van der Waals surface area (Å²) in [5.41, 5.74) is 1.08. The van der Waals surface area contributed by atoms with Crippen molar-refractivity contribution in [2.45, 2.75) is 11.3 Å². The van der Waals surface area contributed by atoms with Crippen LogP contribution in [0, 0.1) is 0 Å². The maximum absolute atomic E-state index is 12.4. The average Bonchev–Trinajstić information content (AvgIpc) is 2.48. The summed E-state index contributed by atoms with van der Waals surface area (Å²) in [5.74, 6) is 0. The van der Waals surface area contributed by atoms with Crippen molar-refractivity contribution in [3.05, 3.63) is 58.3 Å². The normalized spacial score (nSPS) is 11.8. The molecule has 0 radical (unpaired) electrons. The molecule has 112 valence electrons. The van der Waals surface area contributed by atoms with Crippen LogP contribution in [0.3, 0.4) is 0 Å². The first-order valence-corrected chi connectivity index (χ1v) is 8.42. The molecule has 1 aromatic carbocycles. The summed E-state index contributed by atoms with van der Waals surface area (Å²) < 4.78 is 26.1. The standard InChI is InChI=1S/C14H14Cl2N2O2S/c1-18(8-7-11-5-3-2-4-6-11)21(19,20)12-9-13(15)14(16)17-10-12/h2-6,9-10H,7-8H2,1H3. The van der Waals surface area contributed by atoms with E-state index in [-0.39, 0.29) is 15.1 Å². The molecular weight excluding hydrogens is 331 g/mol. The summed E-state index contributed by atoms with van der Waals surface area (Å²) in [6.45, 7) is 0.368. The van der Waals surface area contributed by atoms with E-state index < -0.39 is 10.0 Å². The highest BCUT2D eigenvalue weighted by atomic mass is 35.5. The summed E-state index contributed by atoms with van der Waals surface area (Å²) in [4.78, 5) is 3.81. The van der Waals surface area contributed by atoms with Gasteiger partial charge < -0.3 is 0 Å². The van der Waals surface area contributed by atoms with Crippen molar-refractivity contribution < 1.29 is 8.42 Å². The molecule has 2 rings (SSSR count). The van der Waals surface area contributed by atoms with Crippen LogP contribution in [0.5, 0.6) is 0 Å². The monoisotopic (exact) mass is 344 g/mol. The van der Waals surface area contributed by atoms with Crippen LogP contribution < -0.4 is 0 Å². The van der Waals surface area contributed by atoms with E-state index in [0.29, 0.717) is 13.0 Å². The zero-order valence-corrected chi connectivity index (χ0v) is 13.7. The average molecular weight is 345 g/mol. The number of halogens is 2. The van der Waals surface area contributed by atoms with Crippen LogP contribution in [0.2, 0.25) is 10.2 Å². The fourth-order valence-corrected chi connectivity index (χ4v) is 3.25. The Kier molecular flexibility index (Phi) is 5.22. The van der Waals surface area contributed by atoms with E-state index >= 15 is 0 Å². The Hall–Kier alpha value is -1.14. The van der Waals surface area contributed by atoms with Gasteiger partial charge in [-0.3, -0.25) is 0 Å². The van der Waals surface area contributed by atoms with E-state index in [1.807, 2.05) is 30.3 Å². The third-order valence-electron chi connectivity index (χ3n) is 3.04. The van der Waals surface area contributed by atoms with Crippen molar-refractivity contribution in [2.75, 3.05) is 13.6 Å². The lowest BCUT2D eigenvalue weighted by molar-refractivity contribution is 0.472. The Labute approximate surface area is 134 Å². The van der Waals surface area contributed by atoms with Gasteiger partial charge in [-0.1, -0.05) is 53.5 Å². The summed E-state index contributed by atoms with van der Waals surface area (Å²) in [6.07, 6.45) is 1.84. The van der Waals surface area contributed by atoms with Gasteiger partial charge in [-0.25, -0.2) is 17.7 Å². The van der Waals surface area contributed by atoms with Crippen molar-refractivity contribution in [1.29, 1.82) is 0 Å². The topological polar surface area (TPSA) is 50.3 Å². The zero-order chi connectivity index (χ0) is 15.5. The highest BCUT2D eigenvalue weighted by Gasteiger charge is 2.21. The van der Waals surface area contributed by atoms with Crippen LogP contribution in [-0.2, 0) is 16.4 Å². The Morgan fingerprint density at radius 3 is 2.48 bits per heavy atom. The molecule has 0 fully saturated rings. The number of rotatable bonds is 5. The number of pyridine rings is 1. The molecule has 4 nitrogen and oxygen atoms in total. The van der Waals surface area contributed by atoms with Gasteiger partial charge in [0.1, 0.15) is 10.0 Å². The first kappa shape index (κ1) is 16.2. The van der Waals surface area contributed by atoms with E-state index in [1.54, 1.807) is 0 Å². The van der Waals surface area contributed by atoms with Crippen molar-refractivity contribution in [3.8, 4) is 0 Å². The summed E-state index contributed by atoms with van der Waals surface area (Å²) in [5, 5.41) is 0.205. The number of likely N-dealkylation sites (N-methyl/N-ethyl adjacent to an activating group) is 1. The molecule has 0 bridgehead atoms. The van der Waals surface area contributed by atoms with Gasteiger partial charge in [0.05, 0.1) is 5.02 Å². The van der Waals surface area contributed by atoms with Gasteiger partial charge in [0.25, 0.3) is 0 Å². The van der Waals surface area contributed by atoms with E-state index in [2.05, 4.69) is 4.98 Å². The van der Waals surface area contributed by atoms with Crippen molar-refractivity contribution >= 4 is 33.2 Å². The molecule has 0 aliphatic carbocycles. The molecule has 1 heterocycles. The molecule has 0 atom stereocenters. The molecular formula is C14H14Cl2N2O2S. The maximum Gasteiger partial charge on any atom is 0.244 e. The molecule has 0 amide bonds. The third kappa shape index (κ3) is 3.95. The van der Waals surface area contributed by atoms with Crippen molar-refractivity contribution in [2.24, 2.45) is 0 Å². The molecule has 0 N–H and O–H groups in total. The highest BCUT2D eigenvalue weighted by molar-refractivity contribution is 7.89. The highest BCUT2D eigenvalue weighted by Crippen LogP contribution is 2.23. The van der Waals surface area contributed by atoms with Crippen LogP contribution in [0.15, 0.2) is 47.5 Å². The van der Waals surface area contributed by atoms with E-state index in [1.165, 1.54) is 23.6 Å².